The highest BCUT2D eigenvalue weighted by atomic mass is 19.3. The molecule has 7 rings (SSSR count). The van der Waals surface area contributed by atoms with Crippen molar-refractivity contribution >= 4 is 16.8 Å². The Bertz CT molecular complexity index is 1900. The first-order chi connectivity index (χ1) is 21.1. The lowest BCUT2D eigenvalue weighted by molar-refractivity contribution is -0.123. The van der Waals surface area contributed by atoms with Crippen molar-refractivity contribution in [1.29, 1.82) is 0 Å². The van der Waals surface area contributed by atoms with E-state index in [-0.39, 0.29) is 24.0 Å². The molecule has 224 valence electrons. The van der Waals surface area contributed by atoms with Gasteiger partial charge in [0.25, 0.3) is 12.3 Å². The van der Waals surface area contributed by atoms with Crippen LogP contribution in [0.2, 0.25) is 0 Å². The smallest absolute Gasteiger partial charge is 0.293 e. The molecule has 1 N–H and O–H groups in total. The van der Waals surface area contributed by atoms with Crippen molar-refractivity contribution in [2.45, 2.75) is 43.7 Å². The monoisotopic (exact) mass is 607 g/mol. The first kappa shape index (κ1) is 28.1. The number of halogens is 6. The molecule has 0 saturated heterocycles. The molecule has 1 fully saturated rings. The minimum Gasteiger partial charge on any atom is -0.346 e. The van der Waals surface area contributed by atoms with Gasteiger partial charge in [-0.1, -0.05) is 24.3 Å². The number of aromatic nitrogens is 4. The molecule has 3 atom stereocenters. The summed E-state index contributed by atoms with van der Waals surface area (Å²) in [4.78, 5) is 22.4. The molecule has 44 heavy (non-hydrogen) atoms. The van der Waals surface area contributed by atoms with Gasteiger partial charge in [0.15, 0.2) is 0 Å². The van der Waals surface area contributed by atoms with Gasteiger partial charge in [-0.25, -0.2) is 17.6 Å². The summed E-state index contributed by atoms with van der Waals surface area (Å²) < 4.78 is 86.7. The number of carbonyl (C=O) groups is 1. The van der Waals surface area contributed by atoms with E-state index in [9.17, 15) is 22.4 Å². The van der Waals surface area contributed by atoms with Gasteiger partial charge in [0.1, 0.15) is 29.6 Å². The summed E-state index contributed by atoms with van der Waals surface area (Å²) >= 11 is 0. The molecule has 1 saturated carbocycles. The molecule has 2 aliphatic carbocycles. The number of alkyl halides is 4. The number of carbonyl (C=O) groups excluding carboxylic acids is 1. The summed E-state index contributed by atoms with van der Waals surface area (Å²) in [6.07, 6.45) is 0.0416. The molecule has 3 unspecified atom stereocenters. The van der Waals surface area contributed by atoms with Crippen LogP contribution < -0.4 is 5.32 Å². The third-order valence-corrected chi connectivity index (χ3v) is 8.26. The minimum atomic E-state index is -3.39. The van der Waals surface area contributed by atoms with E-state index in [1.54, 1.807) is 30.5 Å². The Hall–Kier alpha value is -4.74. The molecule has 1 amide bonds. The van der Waals surface area contributed by atoms with Crippen LogP contribution in [0.4, 0.5) is 26.3 Å². The average Bonchev–Trinajstić information content (AvgIpc) is 3.64. The number of hydrogen-bond donors (Lipinski definition) is 1. The molecule has 5 aromatic rings. The fourth-order valence-corrected chi connectivity index (χ4v) is 6.40. The van der Waals surface area contributed by atoms with Crippen LogP contribution in [0, 0.1) is 17.6 Å². The van der Waals surface area contributed by atoms with Crippen molar-refractivity contribution in [1.82, 2.24) is 25.1 Å². The van der Waals surface area contributed by atoms with Crippen LogP contribution >= 0.6 is 0 Å². The number of rotatable bonds is 8. The predicted octanol–water partition coefficient (Wildman–Crippen LogP) is 7.02. The Morgan fingerprint density at radius 1 is 0.955 bits per heavy atom. The van der Waals surface area contributed by atoms with Crippen molar-refractivity contribution in [3.8, 4) is 11.1 Å². The van der Waals surface area contributed by atoms with Crippen molar-refractivity contribution < 1.29 is 31.1 Å². The highest BCUT2D eigenvalue weighted by molar-refractivity contribution is 5.95. The van der Waals surface area contributed by atoms with Crippen LogP contribution in [0.1, 0.15) is 53.0 Å². The lowest BCUT2D eigenvalue weighted by Gasteiger charge is -2.23. The van der Waals surface area contributed by atoms with Gasteiger partial charge in [0.2, 0.25) is 5.91 Å². The topological polar surface area (TPSA) is 72.7 Å². The number of amides is 1. The standard InChI is InChI=1S/C32H23F6N5O/c33-17-10-16(11-18(34)13-17)12-25(28-21(6-3-9-40-28)19-4-1-7-24-20(19)5-2-8-39-24)41-26(44)15-43-30-27(29(42-43)31(35)36)22-14-23(22)32(30,37)38/h1-11,13,22-23,25,31H,12,14-15H2,(H,41,44). The van der Waals surface area contributed by atoms with Crippen LogP contribution in [0.5, 0.6) is 0 Å². The molecule has 2 aliphatic rings. The van der Waals surface area contributed by atoms with E-state index in [1.165, 1.54) is 6.20 Å². The average molecular weight is 608 g/mol. The van der Waals surface area contributed by atoms with E-state index in [1.807, 2.05) is 18.2 Å². The van der Waals surface area contributed by atoms with Gasteiger partial charge in [-0.05, 0) is 60.2 Å². The first-order valence-electron chi connectivity index (χ1n) is 13.9. The summed E-state index contributed by atoms with van der Waals surface area (Å²) in [5, 5.41) is 7.28. The van der Waals surface area contributed by atoms with Crippen molar-refractivity contribution in [3.63, 3.8) is 0 Å². The van der Waals surface area contributed by atoms with Crippen molar-refractivity contribution in [2.75, 3.05) is 0 Å². The molecule has 2 aromatic carbocycles. The molecule has 3 aromatic heterocycles. The molecule has 0 bridgehead atoms. The third kappa shape index (κ3) is 4.78. The van der Waals surface area contributed by atoms with E-state index in [0.717, 1.165) is 29.1 Å². The fraction of sp³-hybridized carbons (Fsp3) is 0.250. The van der Waals surface area contributed by atoms with E-state index in [2.05, 4.69) is 20.4 Å². The highest BCUT2D eigenvalue weighted by Crippen LogP contribution is 2.68. The van der Waals surface area contributed by atoms with Gasteiger partial charge in [0.05, 0.1) is 17.3 Å². The number of benzene rings is 2. The maximum absolute atomic E-state index is 15.1. The zero-order valence-corrected chi connectivity index (χ0v) is 22.8. The number of pyridine rings is 2. The zero-order valence-electron chi connectivity index (χ0n) is 22.8. The Morgan fingerprint density at radius 3 is 2.45 bits per heavy atom. The SMILES string of the molecule is O=C(Cn1nc(C(F)F)c2c1C(F)(F)C1CC21)NC(Cc1cc(F)cc(F)c1)c1ncccc1-c1cccc2ncccc12. The largest absolute Gasteiger partial charge is 0.346 e. The molecule has 3 heterocycles. The third-order valence-electron chi connectivity index (χ3n) is 8.26. The second-order valence-electron chi connectivity index (χ2n) is 11.1. The first-order valence-corrected chi connectivity index (χ1v) is 13.9. The van der Waals surface area contributed by atoms with Crippen molar-refractivity contribution in [2.24, 2.45) is 5.92 Å². The maximum Gasteiger partial charge on any atom is 0.293 e. The van der Waals surface area contributed by atoms with Gasteiger partial charge in [0, 0.05) is 40.9 Å². The van der Waals surface area contributed by atoms with Gasteiger partial charge in [-0.3, -0.25) is 19.4 Å². The quantitative estimate of drug-likeness (QED) is 0.193. The lowest BCUT2D eigenvalue weighted by atomic mass is 9.93. The zero-order chi connectivity index (χ0) is 30.7. The van der Waals surface area contributed by atoms with Gasteiger partial charge >= 0.3 is 0 Å². The summed E-state index contributed by atoms with van der Waals surface area (Å²) in [7, 11) is 0. The molecule has 6 nitrogen and oxygen atoms in total. The Morgan fingerprint density at radius 2 is 1.68 bits per heavy atom. The predicted molar refractivity (Wildman–Crippen MR) is 148 cm³/mol. The van der Waals surface area contributed by atoms with Crippen LogP contribution in [0.25, 0.3) is 22.0 Å². The van der Waals surface area contributed by atoms with E-state index in [0.29, 0.717) is 21.5 Å². The number of hydrogen-bond acceptors (Lipinski definition) is 4. The number of nitrogens with one attached hydrogen (secondary N) is 1. The summed E-state index contributed by atoms with van der Waals surface area (Å²) in [5.41, 5.74) is 1.01. The van der Waals surface area contributed by atoms with E-state index in [4.69, 9.17) is 0 Å². The second kappa shape index (κ2) is 10.5. The normalized spacial score (nSPS) is 18.7. The molecule has 12 heteroatoms. The molecule has 0 aliphatic heterocycles. The fourth-order valence-electron chi connectivity index (χ4n) is 6.40. The van der Waals surface area contributed by atoms with Gasteiger partial charge in [-0.2, -0.15) is 13.9 Å². The van der Waals surface area contributed by atoms with Gasteiger partial charge in [-0.15, -0.1) is 0 Å². The van der Waals surface area contributed by atoms with Crippen LogP contribution in [-0.2, 0) is 23.7 Å². The van der Waals surface area contributed by atoms with Crippen molar-refractivity contribution in [3.05, 3.63) is 113 Å². The lowest BCUT2D eigenvalue weighted by Crippen LogP contribution is -2.35. The Kier molecular flexibility index (Phi) is 6.67. The van der Waals surface area contributed by atoms with Crippen LogP contribution in [0.15, 0.2) is 73.1 Å². The second-order valence-corrected chi connectivity index (χ2v) is 11.1. The van der Waals surface area contributed by atoms with E-state index >= 15 is 8.78 Å². The van der Waals surface area contributed by atoms with Crippen LogP contribution in [0.3, 0.4) is 0 Å². The van der Waals surface area contributed by atoms with E-state index < -0.39 is 65.7 Å². The van der Waals surface area contributed by atoms with Gasteiger partial charge < -0.3 is 5.32 Å². The summed E-state index contributed by atoms with van der Waals surface area (Å²) in [5.74, 6) is -7.63. The molecule has 0 spiro atoms. The molecule has 0 radical (unpaired) electrons. The summed E-state index contributed by atoms with van der Waals surface area (Å²) in [6.45, 7) is -0.765. The summed E-state index contributed by atoms with van der Waals surface area (Å²) in [6, 6.07) is 14.6. The molecular formula is C32H23F6N5O. The maximum atomic E-state index is 15.1. The number of fused-ring (bicyclic) bond motifs is 4. The minimum absolute atomic E-state index is 0.0933. The Labute approximate surface area is 246 Å². The highest BCUT2D eigenvalue weighted by Gasteiger charge is 2.67. The molecular weight excluding hydrogens is 584 g/mol. The Balaban J connectivity index is 1.27. The number of nitrogens with zero attached hydrogens (tertiary/aromatic N) is 4. The van der Waals surface area contributed by atoms with Crippen LogP contribution in [-0.4, -0.2) is 25.7 Å².